The lowest BCUT2D eigenvalue weighted by atomic mass is 10.2. The van der Waals surface area contributed by atoms with Crippen LogP contribution in [0.1, 0.15) is 5.69 Å². The average molecular weight is 210 g/mol. The molecular formula is C11H6N4O. The Hall–Kier alpha value is -2.61. The number of benzene rings is 1. The molecule has 16 heavy (non-hydrogen) atoms. The first kappa shape index (κ1) is 8.68. The van der Waals surface area contributed by atoms with Crippen LogP contribution in [0.2, 0.25) is 0 Å². The molecule has 5 heteroatoms. The zero-order valence-electron chi connectivity index (χ0n) is 8.14. The number of nitrogens with zero attached hydrogens (tertiary/aromatic N) is 3. The van der Waals surface area contributed by atoms with Crippen LogP contribution in [0.4, 0.5) is 0 Å². The molecule has 5 nitrogen and oxygen atoms in total. The van der Waals surface area contributed by atoms with Crippen LogP contribution in [0.5, 0.6) is 0 Å². The Labute approximate surface area is 89.6 Å². The Balaban J connectivity index is 2.64. The van der Waals surface area contributed by atoms with Crippen LogP contribution in [-0.2, 0) is 0 Å². The molecule has 0 unspecified atom stereocenters. The molecule has 0 amide bonds. The summed E-state index contributed by atoms with van der Waals surface area (Å²) in [5.41, 5.74) is 1.29. The lowest BCUT2D eigenvalue weighted by molar-refractivity contribution is 0.874. The van der Waals surface area contributed by atoms with Crippen molar-refractivity contribution >= 4 is 16.4 Å². The van der Waals surface area contributed by atoms with Gasteiger partial charge in [0.25, 0.3) is 0 Å². The highest BCUT2D eigenvalue weighted by Crippen LogP contribution is 2.16. The standard InChI is InChI=1S/C11H6N4O/c12-6-7-5-10-8-3-1-2-4-9(8)13-11(16)15(10)14-7/h1-5H,(H,13,16). The molecule has 2 heterocycles. The maximum absolute atomic E-state index is 11.7. The lowest BCUT2D eigenvalue weighted by Gasteiger charge is -1.98. The van der Waals surface area contributed by atoms with Crippen LogP contribution in [0.25, 0.3) is 16.4 Å². The lowest BCUT2D eigenvalue weighted by Crippen LogP contribution is -2.17. The molecule has 1 aromatic carbocycles. The normalized spacial score (nSPS) is 10.7. The minimum atomic E-state index is -0.338. The summed E-state index contributed by atoms with van der Waals surface area (Å²) in [4.78, 5) is 14.4. The van der Waals surface area contributed by atoms with Crippen LogP contribution in [0, 0.1) is 11.3 Å². The fraction of sp³-hybridized carbons (Fsp3) is 0. The van der Waals surface area contributed by atoms with Gasteiger partial charge in [0.1, 0.15) is 6.07 Å². The van der Waals surface area contributed by atoms with Crippen molar-refractivity contribution in [3.05, 3.63) is 46.5 Å². The fourth-order valence-corrected chi connectivity index (χ4v) is 1.77. The van der Waals surface area contributed by atoms with Gasteiger partial charge in [-0.1, -0.05) is 18.2 Å². The highest BCUT2D eigenvalue weighted by molar-refractivity contribution is 5.93. The molecule has 0 atom stereocenters. The number of hydrogen-bond acceptors (Lipinski definition) is 3. The quantitative estimate of drug-likeness (QED) is 0.602. The highest BCUT2D eigenvalue weighted by Gasteiger charge is 2.07. The molecule has 0 spiro atoms. The molecule has 0 aliphatic carbocycles. The van der Waals surface area contributed by atoms with Gasteiger partial charge in [0, 0.05) is 11.5 Å². The van der Waals surface area contributed by atoms with Gasteiger partial charge in [0.2, 0.25) is 0 Å². The first-order valence-corrected chi connectivity index (χ1v) is 4.70. The van der Waals surface area contributed by atoms with E-state index in [4.69, 9.17) is 5.26 Å². The number of nitriles is 1. The molecule has 76 valence electrons. The Kier molecular flexibility index (Phi) is 1.59. The van der Waals surface area contributed by atoms with Crippen molar-refractivity contribution < 1.29 is 0 Å². The molecule has 3 aromatic rings. The molecule has 1 N–H and O–H groups in total. The van der Waals surface area contributed by atoms with Gasteiger partial charge in [0.05, 0.1) is 11.0 Å². The van der Waals surface area contributed by atoms with E-state index in [1.54, 1.807) is 6.07 Å². The van der Waals surface area contributed by atoms with E-state index in [9.17, 15) is 4.79 Å². The maximum atomic E-state index is 11.7. The summed E-state index contributed by atoms with van der Waals surface area (Å²) >= 11 is 0. The SMILES string of the molecule is N#Cc1cc2c3ccccc3[nH]c(=O)n2n1. The van der Waals surface area contributed by atoms with Gasteiger partial charge in [0.15, 0.2) is 5.69 Å². The van der Waals surface area contributed by atoms with Crippen molar-refractivity contribution in [1.29, 1.82) is 5.26 Å². The largest absolute Gasteiger partial charge is 0.347 e. The number of aromatic amines is 1. The predicted octanol–water partition coefficient (Wildman–Crippen LogP) is 1.05. The number of rotatable bonds is 0. The fourth-order valence-electron chi connectivity index (χ4n) is 1.77. The summed E-state index contributed by atoms with van der Waals surface area (Å²) in [5.74, 6) is 0. The number of fused-ring (bicyclic) bond motifs is 3. The Morgan fingerprint density at radius 3 is 3.00 bits per heavy atom. The summed E-state index contributed by atoms with van der Waals surface area (Å²) < 4.78 is 1.21. The van der Waals surface area contributed by atoms with Gasteiger partial charge in [-0.05, 0) is 6.07 Å². The summed E-state index contributed by atoms with van der Waals surface area (Å²) in [6.45, 7) is 0. The minimum Gasteiger partial charge on any atom is -0.305 e. The van der Waals surface area contributed by atoms with Crippen molar-refractivity contribution in [2.75, 3.05) is 0 Å². The third-order valence-electron chi connectivity index (χ3n) is 2.46. The van der Waals surface area contributed by atoms with Gasteiger partial charge in [-0.3, -0.25) is 0 Å². The molecule has 0 radical (unpaired) electrons. The van der Waals surface area contributed by atoms with Crippen molar-refractivity contribution in [1.82, 2.24) is 14.6 Å². The third-order valence-corrected chi connectivity index (χ3v) is 2.46. The first-order chi connectivity index (χ1) is 7.79. The minimum absolute atomic E-state index is 0.238. The number of hydrogen-bond donors (Lipinski definition) is 1. The van der Waals surface area contributed by atoms with E-state index in [0.29, 0.717) is 5.52 Å². The molecule has 0 saturated heterocycles. The van der Waals surface area contributed by atoms with E-state index in [0.717, 1.165) is 10.9 Å². The smallest absolute Gasteiger partial charge is 0.305 e. The zero-order chi connectivity index (χ0) is 11.1. The van der Waals surface area contributed by atoms with E-state index in [2.05, 4.69) is 10.1 Å². The molecule has 3 rings (SSSR count). The molecule has 0 fully saturated rings. The average Bonchev–Trinajstić information content (AvgIpc) is 2.74. The predicted molar refractivity (Wildman–Crippen MR) is 58.0 cm³/mol. The van der Waals surface area contributed by atoms with Crippen molar-refractivity contribution in [2.24, 2.45) is 0 Å². The van der Waals surface area contributed by atoms with E-state index in [-0.39, 0.29) is 11.4 Å². The molecule has 0 aliphatic rings. The van der Waals surface area contributed by atoms with Crippen LogP contribution in [-0.4, -0.2) is 14.6 Å². The number of para-hydroxylation sites is 1. The van der Waals surface area contributed by atoms with Crippen LogP contribution in [0.3, 0.4) is 0 Å². The molecular weight excluding hydrogens is 204 g/mol. The van der Waals surface area contributed by atoms with Crippen LogP contribution in [0.15, 0.2) is 35.1 Å². The molecule has 0 aliphatic heterocycles. The van der Waals surface area contributed by atoms with Crippen molar-refractivity contribution in [3.8, 4) is 6.07 Å². The number of H-pyrrole nitrogens is 1. The Bertz CT molecular complexity index is 791. The zero-order valence-corrected chi connectivity index (χ0v) is 8.14. The van der Waals surface area contributed by atoms with Crippen LogP contribution < -0.4 is 5.69 Å². The van der Waals surface area contributed by atoms with Crippen molar-refractivity contribution in [2.45, 2.75) is 0 Å². The highest BCUT2D eigenvalue weighted by atomic mass is 16.1. The van der Waals surface area contributed by atoms with Crippen LogP contribution >= 0.6 is 0 Å². The number of aromatic nitrogens is 3. The van der Waals surface area contributed by atoms with E-state index in [1.165, 1.54) is 4.52 Å². The molecule has 2 aromatic heterocycles. The summed E-state index contributed by atoms with van der Waals surface area (Å²) in [5, 5.41) is 13.5. The first-order valence-electron chi connectivity index (χ1n) is 4.70. The number of nitrogens with one attached hydrogen (secondary N) is 1. The summed E-state index contributed by atoms with van der Waals surface area (Å²) in [6, 6.07) is 10.9. The van der Waals surface area contributed by atoms with Crippen molar-refractivity contribution in [3.63, 3.8) is 0 Å². The van der Waals surface area contributed by atoms with Gasteiger partial charge >= 0.3 is 5.69 Å². The van der Waals surface area contributed by atoms with E-state index < -0.39 is 0 Å². The Morgan fingerprint density at radius 2 is 2.19 bits per heavy atom. The topological polar surface area (TPSA) is 74.0 Å². The second kappa shape index (κ2) is 2.94. The van der Waals surface area contributed by atoms with Gasteiger partial charge in [-0.2, -0.15) is 14.9 Å². The molecule has 0 bridgehead atoms. The monoisotopic (exact) mass is 210 g/mol. The van der Waals surface area contributed by atoms with Gasteiger partial charge in [-0.15, -0.1) is 0 Å². The molecule has 0 saturated carbocycles. The summed E-state index contributed by atoms with van der Waals surface area (Å²) in [7, 11) is 0. The van der Waals surface area contributed by atoms with Gasteiger partial charge in [-0.25, -0.2) is 4.79 Å². The summed E-state index contributed by atoms with van der Waals surface area (Å²) in [6.07, 6.45) is 0. The van der Waals surface area contributed by atoms with E-state index in [1.807, 2.05) is 30.3 Å². The van der Waals surface area contributed by atoms with Gasteiger partial charge < -0.3 is 4.98 Å². The Morgan fingerprint density at radius 1 is 1.38 bits per heavy atom. The maximum Gasteiger partial charge on any atom is 0.347 e. The second-order valence-corrected chi connectivity index (χ2v) is 3.41. The second-order valence-electron chi connectivity index (χ2n) is 3.41. The third kappa shape index (κ3) is 1.04. The van der Waals surface area contributed by atoms with E-state index >= 15 is 0 Å².